The van der Waals surface area contributed by atoms with Crippen molar-refractivity contribution in [1.29, 1.82) is 0 Å². The summed E-state index contributed by atoms with van der Waals surface area (Å²) in [5, 5.41) is 2.82. The van der Waals surface area contributed by atoms with Gasteiger partial charge in [-0.05, 0) is 12.5 Å². The number of amides is 1. The number of nitrogens with zero attached hydrogens (tertiary/aromatic N) is 2. The standard InChI is InChI=1S/C12H16N6O/c13-18-10-3-5-14-8-9(10)12(19)17-4-1-2-11-15-6-7-16-11/h3,5-8H,1-2,4,13H2,(H,14,18)(H,15,16)(H,17,19). The molecule has 0 aliphatic rings. The van der Waals surface area contributed by atoms with Crippen molar-refractivity contribution >= 4 is 11.6 Å². The number of rotatable bonds is 6. The molecule has 0 aromatic carbocycles. The molecule has 0 bridgehead atoms. The van der Waals surface area contributed by atoms with Crippen LogP contribution >= 0.6 is 0 Å². The molecule has 0 fully saturated rings. The number of nitrogens with one attached hydrogen (secondary N) is 3. The van der Waals surface area contributed by atoms with E-state index < -0.39 is 0 Å². The second-order valence-electron chi connectivity index (χ2n) is 3.96. The number of aromatic amines is 1. The number of carbonyl (C=O) groups excluding carboxylic acids is 1. The lowest BCUT2D eigenvalue weighted by Crippen LogP contribution is -2.26. The van der Waals surface area contributed by atoms with Gasteiger partial charge < -0.3 is 15.7 Å². The van der Waals surface area contributed by atoms with E-state index in [2.05, 4.69) is 25.7 Å². The minimum Gasteiger partial charge on any atom is -0.352 e. The summed E-state index contributed by atoms with van der Waals surface area (Å²) in [6, 6.07) is 1.65. The average molecular weight is 260 g/mol. The van der Waals surface area contributed by atoms with Gasteiger partial charge in [-0.3, -0.25) is 15.6 Å². The third-order valence-electron chi connectivity index (χ3n) is 2.65. The first kappa shape index (κ1) is 13.0. The van der Waals surface area contributed by atoms with Gasteiger partial charge in [0.05, 0.1) is 11.3 Å². The van der Waals surface area contributed by atoms with Crippen molar-refractivity contribution in [2.75, 3.05) is 12.0 Å². The Labute approximate surface area is 110 Å². The predicted octanol–water partition coefficient (Wildman–Crippen LogP) is 0.453. The highest BCUT2D eigenvalue weighted by Crippen LogP contribution is 2.11. The average Bonchev–Trinajstić information content (AvgIpc) is 2.96. The molecule has 0 atom stereocenters. The summed E-state index contributed by atoms with van der Waals surface area (Å²) in [5.74, 6) is 6.06. The number of aryl methyl sites for hydroxylation is 1. The predicted molar refractivity (Wildman–Crippen MR) is 71.3 cm³/mol. The fraction of sp³-hybridized carbons (Fsp3) is 0.250. The van der Waals surface area contributed by atoms with Crippen molar-refractivity contribution in [1.82, 2.24) is 20.3 Å². The van der Waals surface area contributed by atoms with Crippen molar-refractivity contribution < 1.29 is 4.79 Å². The molecule has 1 amide bonds. The van der Waals surface area contributed by atoms with E-state index in [9.17, 15) is 4.79 Å². The van der Waals surface area contributed by atoms with Crippen LogP contribution in [0.2, 0.25) is 0 Å². The Morgan fingerprint density at radius 2 is 2.32 bits per heavy atom. The molecule has 2 aromatic rings. The van der Waals surface area contributed by atoms with Crippen molar-refractivity contribution in [2.45, 2.75) is 12.8 Å². The van der Waals surface area contributed by atoms with Crippen LogP contribution in [0.1, 0.15) is 22.6 Å². The van der Waals surface area contributed by atoms with Crippen LogP contribution in [0.15, 0.2) is 30.9 Å². The van der Waals surface area contributed by atoms with Gasteiger partial charge in [-0.1, -0.05) is 0 Å². The van der Waals surface area contributed by atoms with E-state index in [1.807, 2.05) is 0 Å². The smallest absolute Gasteiger partial charge is 0.255 e. The zero-order valence-electron chi connectivity index (χ0n) is 10.4. The highest BCUT2D eigenvalue weighted by Gasteiger charge is 2.09. The summed E-state index contributed by atoms with van der Waals surface area (Å²) in [7, 11) is 0. The first-order chi connectivity index (χ1) is 9.31. The summed E-state index contributed by atoms with van der Waals surface area (Å²) < 4.78 is 0. The molecule has 2 rings (SSSR count). The van der Waals surface area contributed by atoms with Crippen LogP contribution in [0.4, 0.5) is 5.69 Å². The first-order valence-corrected chi connectivity index (χ1v) is 5.98. The van der Waals surface area contributed by atoms with Gasteiger partial charge in [0.15, 0.2) is 0 Å². The fourth-order valence-corrected chi connectivity index (χ4v) is 1.69. The van der Waals surface area contributed by atoms with Gasteiger partial charge in [0, 0.05) is 37.8 Å². The number of hydrogen-bond donors (Lipinski definition) is 4. The molecule has 0 aliphatic heterocycles. The van der Waals surface area contributed by atoms with Crippen LogP contribution in [-0.2, 0) is 6.42 Å². The largest absolute Gasteiger partial charge is 0.352 e. The van der Waals surface area contributed by atoms with E-state index in [1.165, 1.54) is 6.20 Å². The van der Waals surface area contributed by atoms with E-state index in [-0.39, 0.29) is 5.91 Å². The van der Waals surface area contributed by atoms with Gasteiger partial charge in [-0.2, -0.15) is 0 Å². The molecule has 19 heavy (non-hydrogen) atoms. The van der Waals surface area contributed by atoms with Gasteiger partial charge in [-0.15, -0.1) is 0 Å². The molecule has 7 heteroatoms. The molecule has 0 aliphatic carbocycles. The molecule has 0 radical (unpaired) electrons. The molecule has 5 N–H and O–H groups in total. The van der Waals surface area contributed by atoms with Crippen molar-refractivity contribution in [3.8, 4) is 0 Å². The Kier molecular flexibility index (Phi) is 4.46. The maximum atomic E-state index is 11.9. The third-order valence-corrected chi connectivity index (χ3v) is 2.65. The minimum atomic E-state index is -0.194. The van der Waals surface area contributed by atoms with Gasteiger partial charge in [0.2, 0.25) is 0 Å². The van der Waals surface area contributed by atoms with Crippen LogP contribution in [0.3, 0.4) is 0 Å². The van der Waals surface area contributed by atoms with Gasteiger partial charge in [0.25, 0.3) is 5.91 Å². The van der Waals surface area contributed by atoms with Crippen LogP contribution in [0.25, 0.3) is 0 Å². The molecule has 0 unspecified atom stereocenters. The summed E-state index contributed by atoms with van der Waals surface area (Å²) in [5.41, 5.74) is 3.46. The topological polar surface area (TPSA) is 109 Å². The summed E-state index contributed by atoms with van der Waals surface area (Å²) in [6.45, 7) is 0.568. The van der Waals surface area contributed by atoms with E-state index in [1.54, 1.807) is 24.7 Å². The molecule has 0 saturated carbocycles. The summed E-state index contributed by atoms with van der Waals surface area (Å²) >= 11 is 0. The molecular weight excluding hydrogens is 244 g/mol. The number of hydrogen-bond acceptors (Lipinski definition) is 5. The molecule has 0 saturated heterocycles. The van der Waals surface area contributed by atoms with Crippen LogP contribution in [0.5, 0.6) is 0 Å². The number of nitrogen functional groups attached to an aromatic ring is 1. The van der Waals surface area contributed by atoms with Crippen LogP contribution < -0.4 is 16.6 Å². The van der Waals surface area contributed by atoms with Crippen LogP contribution in [-0.4, -0.2) is 27.4 Å². The number of anilines is 1. The SMILES string of the molecule is NNc1ccncc1C(=O)NCCCc1ncc[nH]1. The second-order valence-corrected chi connectivity index (χ2v) is 3.96. The molecule has 2 aromatic heterocycles. The highest BCUT2D eigenvalue weighted by atomic mass is 16.1. The minimum absolute atomic E-state index is 0.194. The number of nitrogens with two attached hydrogens (primary N) is 1. The fourth-order valence-electron chi connectivity index (χ4n) is 1.69. The molecular formula is C12H16N6O. The Hall–Kier alpha value is -2.41. The second kappa shape index (κ2) is 6.50. The molecule has 2 heterocycles. The lowest BCUT2D eigenvalue weighted by atomic mass is 10.2. The number of H-pyrrole nitrogens is 1. The Morgan fingerprint density at radius 1 is 1.42 bits per heavy atom. The van der Waals surface area contributed by atoms with E-state index in [0.717, 1.165) is 18.7 Å². The van der Waals surface area contributed by atoms with Gasteiger partial charge in [0.1, 0.15) is 5.82 Å². The monoisotopic (exact) mass is 260 g/mol. The number of aromatic nitrogens is 3. The van der Waals surface area contributed by atoms with Crippen LogP contribution in [0, 0.1) is 0 Å². The first-order valence-electron chi connectivity index (χ1n) is 5.98. The Morgan fingerprint density at radius 3 is 3.05 bits per heavy atom. The number of carbonyl (C=O) groups is 1. The van der Waals surface area contributed by atoms with Gasteiger partial charge in [-0.25, -0.2) is 4.98 Å². The number of pyridine rings is 1. The quantitative estimate of drug-likeness (QED) is 0.342. The zero-order valence-corrected chi connectivity index (χ0v) is 10.4. The van der Waals surface area contributed by atoms with E-state index >= 15 is 0 Å². The van der Waals surface area contributed by atoms with Crippen molar-refractivity contribution in [2.24, 2.45) is 5.84 Å². The highest BCUT2D eigenvalue weighted by molar-refractivity contribution is 5.99. The number of imidazole rings is 1. The zero-order chi connectivity index (χ0) is 13.5. The number of hydrazine groups is 1. The Bertz CT molecular complexity index is 525. The lowest BCUT2D eigenvalue weighted by Gasteiger charge is -2.08. The van der Waals surface area contributed by atoms with Crippen molar-refractivity contribution in [3.63, 3.8) is 0 Å². The molecule has 7 nitrogen and oxygen atoms in total. The van der Waals surface area contributed by atoms with Crippen molar-refractivity contribution in [3.05, 3.63) is 42.2 Å². The lowest BCUT2D eigenvalue weighted by molar-refractivity contribution is 0.0953. The van der Waals surface area contributed by atoms with E-state index in [4.69, 9.17) is 5.84 Å². The normalized spacial score (nSPS) is 10.2. The molecule has 100 valence electrons. The maximum Gasteiger partial charge on any atom is 0.255 e. The maximum absolute atomic E-state index is 11.9. The Balaban J connectivity index is 1.81. The summed E-state index contributed by atoms with van der Waals surface area (Å²) in [4.78, 5) is 23.0. The summed E-state index contributed by atoms with van der Waals surface area (Å²) in [6.07, 6.45) is 8.15. The third kappa shape index (κ3) is 3.52. The van der Waals surface area contributed by atoms with Gasteiger partial charge >= 0.3 is 0 Å². The molecule has 0 spiro atoms. The van der Waals surface area contributed by atoms with E-state index in [0.29, 0.717) is 17.8 Å².